The van der Waals surface area contributed by atoms with Crippen LogP contribution in [0, 0.1) is 0 Å². The van der Waals surface area contributed by atoms with Crippen molar-refractivity contribution < 1.29 is 4.79 Å². The van der Waals surface area contributed by atoms with E-state index >= 15 is 0 Å². The highest BCUT2D eigenvalue weighted by Gasteiger charge is 2.21. The molecular formula is C12H18N4O. The first-order valence-corrected chi connectivity index (χ1v) is 5.78. The maximum absolute atomic E-state index is 12.0. The van der Waals surface area contributed by atoms with Gasteiger partial charge in [0.05, 0.1) is 17.9 Å². The van der Waals surface area contributed by atoms with E-state index in [9.17, 15) is 4.79 Å². The fourth-order valence-electron chi connectivity index (χ4n) is 1.87. The molecule has 0 saturated heterocycles. The van der Waals surface area contributed by atoms with Crippen LogP contribution in [-0.2, 0) is 11.3 Å². The molecule has 0 fully saturated rings. The summed E-state index contributed by atoms with van der Waals surface area (Å²) in [7, 11) is 4.01. The van der Waals surface area contributed by atoms with Crippen LogP contribution in [0.1, 0.15) is 5.69 Å². The van der Waals surface area contributed by atoms with E-state index in [0.717, 1.165) is 17.9 Å². The molecule has 0 aliphatic carbocycles. The van der Waals surface area contributed by atoms with E-state index in [4.69, 9.17) is 0 Å². The predicted molar refractivity (Wildman–Crippen MR) is 66.9 cm³/mol. The van der Waals surface area contributed by atoms with E-state index in [1.807, 2.05) is 31.1 Å². The topological polar surface area (TPSA) is 48.5 Å². The molecule has 1 amide bonds. The number of nitrogens with zero attached hydrogens (tertiary/aromatic N) is 3. The van der Waals surface area contributed by atoms with Crippen molar-refractivity contribution in [1.29, 1.82) is 0 Å². The number of hydrogen-bond donors (Lipinski definition) is 1. The van der Waals surface area contributed by atoms with Crippen LogP contribution in [0.15, 0.2) is 18.3 Å². The van der Waals surface area contributed by atoms with Gasteiger partial charge in [-0.05, 0) is 26.2 Å². The Morgan fingerprint density at radius 1 is 1.47 bits per heavy atom. The van der Waals surface area contributed by atoms with Gasteiger partial charge in [0.1, 0.15) is 0 Å². The molecule has 2 heterocycles. The number of likely N-dealkylation sites (N-methyl/N-ethyl adjacent to an activating group) is 1. The first-order chi connectivity index (χ1) is 8.18. The second-order valence-corrected chi connectivity index (χ2v) is 4.42. The Balaban J connectivity index is 2.24. The van der Waals surface area contributed by atoms with E-state index in [2.05, 4.69) is 15.2 Å². The lowest BCUT2D eigenvalue weighted by Gasteiger charge is -2.23. The number of amides is 1. The predicted octanol–water partition coefficient (Wildman–Crippen LogP) is 0.0794. The largest absolute Gasteiger partial charge is 0.308 e. The van der Waals surface area contributed by atoms with Gasteiger partial charge in [-0.15, -0.1) is 0 Å². The summed E-state index contributed by atoms with van der Waals surface area (Å²) >= 11 is 0. The highest BCUT2D eigenvalue weighted by molar-refractivity contribution is 5.95. The van der Waals surface area contributed by atoms with Gasteiger partial charge in [-0.1, -0.05) is 0 Å². The molecular weight excluding hydrogens is 216 g/mol. The molecule has 1 N–H and O–H groups in total. The minimum Gasteiger partial charge on any atom is -0.308 e. The molecule has 2 rings (SSSR count). The van der Waals surface area contributed by atoms with Crippen LogP contribution < -0.4 is 10.2 Å². The molecule has 92 valence electrons. The van der Waals surface area contributed by atoms with E-state index in [-0.39, 0.29) is 5.91 Å². The van der Waals surface area contributed by atoms with Crippen molar-refractivity contribution >= 4 is 11.6 Å². The molecule has 0 bridgehead atoms. The summed E-state index contributed by atoms with van der Waals surface area (Å²) in [5, 5.41) is 3.10. The quantitative estimate of drug-likeness (QED) is 0.804. The third-order valence-electron chi connectivity index (χ3n) is 2.80. The van der Waals surface area contributed by atoms with E-state index in [1.54, 1.807) is 6.20 Å². The van der Waals surface area contributed by atoms with Crippen LogP contribution in [0.4, 0.5) is 5.69 Å². The molecule has 1 aromatic heterocycles. The van der Waals surface area contributed by atoms with E-state index in [0.29, 0.717) is 19.6 Å². The van der Waals surface area contributed by atoms with Gasteiger partial charge in [0.25, 0.3) is 0 Å². The monoisotopic (exact) mass is 234 g/mol. The van der Waals surface area contributed by atoms with Crippen molar-refractivity contribution in [2.75, 3.05) is 38.6 Å². The summed E-state index contributed by atoms with van der Waals surface area (Å²) in [5.41, 5.74) is 1.88. The second-order valence-electron chi connectivity index (χ2n) is 4.42. The normalized spacial score (nSPS) is 15.9. The van der Waals surface area contributed by atoms with Crippen LogP contribution in [0.2, 0.25) is 0 Å². The van der Waals surface area contributed by atoms with Gasteiger partial charge in [0.2, 0.25) is 5.91 Å². The molecule has 0 saturated carbocycles. The van der Waals surface area contributed by atoms with Gasteiger partial charge in [-0.3, -0.25) is 9.78 Å². The molecule has 1 aliphatic heterocycles. The Kier molecular flexibility index (Phi) is 3.71. The molecule has 5 heteroatoms. The molecule has 0 aromatic carbocycles. The van der Waals surface area contributed by atoms with Crippen molar-refractivity contribution in [3.05, 3.63) is 24.0 Å². The van der Waals surface area contributed by atoms with Gasteiger partial charge in [0.15, 0.2) is 0 Å². The Hall–Kier alpha value is -1.46. The summed E-state index contributed by atoms with van der Waals surface area (Å²) in [4.78, 5) is 20.2. The number of nitrogens with one attached hydrogen (secondary N) is 1. The molecule has 1 aliphatic rings. The number of pyridine rings is 1. The van der Waals surface area contributed by atoms with Crippen LogP contribution in [-0.4, -0.2) is 49.5 Å². The number of rotatable bonds is 3. The highest BCUT2D eigenvalue weighted by Crippen LogP contribution is 2.20. The average Bonchev–Trinajstić information content (AvgIpc) is 2.45. The lowest BCUT2D eigenvalue weighted by molar-refractivity contribution is -0.117. The molecule has 1 aromatic rings. The fourth-order valence-corrected chi connectivity index (χ4v) is 1.87. The Morgan fingerprint density at radius 3 is 3.06 bits per heavy atom. The zero-order chi connectivity index (χ0) is 12.3. The molecule has 0 unspecified atom stereocenters. The Bertz CT molecular complexity index is 405. The smallest absolute Gasteiger partial charge is 0.241 e. The highest BCUT2D eigenvalue weighted by atomic mass is 16.2. The zero-order valence-corrected chi connectivity index (χ0v) is 10.3. The number of aromatic nitrogens is 1. The third kappa shape index (κ3) is 2.81. The minimum atomic E-state index is 0.110. The average molecular weight is 234 g/mol. The first-order valence-electron chi connectivity index (χ1n) is 5.78. The standard InChI is InChI=1S/C12H18N4O/c1-15(2)6-7-16-11-4-3-5-14-10(11)8-13-9-12(16)17/h3-5,13H,6-9H2,1-2H3. The first kappa shape index (κ1) is 12.0. The number of hydrogen-bond acceptors (Lipinski definition) is 4. The molecule has 0 atom stereocenters. The summed E-state index contributed by atoms with van der Waals surface area (Å²) < 4.78 is 0. The van der Waals surface area contributed by atoms with Crippen LogP contribution in [0.5, 0.6) is 0 Å². The van der Waals surface area contributed by atoms with Gasteiger partial charge < -0.3 is 15.1 Å². The SMILES string of the molecule is CN(C)CCN1C(=O)CNCc2ncccc21. The summed E-state index contributed by atoms with van der Waals surface area (Å²) in [5.74, 6) is 0.110. The number of carbonyl (C=O) groups is 1. The van der Waals surface area contributed by atoms with Gasteiger partial charge in [-0.25, -0.2) is 0 Å². The molecule has 17 heavy (non-hydrogen) atoms. The fraction of sp³-hybridized carbons (Fsp3) is 0.500. The van der Waals surface area contributed by atoms with Crippen molar-refractivity contribution in [3.63, 3.8) is 0 Å². The molecule has 0 radical (unpaired) electrons. The maximum atomic E-state index is 12.0. The Labute approximate surface area is 101 Å². The van der Waals surface area contributed by atoms with Crippen molar-refractivity contribution in [2.45, 2.75) is 6.54 Å². The number of anilines is 1. The summed E-state index contributed by atoms with van der Waals surface area (Å²) in [6.45, 7) is 2.58. The van der Waals surface area contributed by atoms with Gasteiger partial charge in [-0.2, -0.15) is 0 Å². The summed E-state index contributed by atoms with van der Waals surface area (Å²) in [6.07, 6.45) is 1.76. The molecule has 5 nitrogen and oxygen atoms in total. The number of fused-ring (bicyclic) bond motifs is 1. The van der Waals surface area contributed by atoms with Gasteiger partial charge >= 0.3 is 0 Å². The lowest BCUT2D eigenvalue weighted by atomic mass is 10.2. The van der Waals surface area contributed by atoms with Crippen molar-refractivity contribution in [3.8, 4) is 0 Å². The zero-order valence-electron chi connectivity index (χ0n) is 10.3. The second kappa shape index (κ2) is 5.25. The van der Waals surface area contributed by atoms with Crippen molar-refractivity contribution in [2.24, 2.45) is 0 Å². The third-order valence-corrected chi connectivity index (χ3v) is 2.80. The minimum absolute atomic E-state index is 0.110. The summed E-state index contributed by atoms with van der Waals surface area (Å²) in [6, 6.07) is 3.84. The number of carbonyl (C=O) groups excluding carboxylic acids is 1. The van der Waals surface area contributed by atoms with Crippen LogP contribution in [0.3, 0.4) is 0 Å². The van der Waals surface area contributed by atoms with Gasteiger partial charge in [0, 0.05) is 25.8 Å². The Morgan fingerprint density at radius 2 is 2.29 bits per heavy atom. The van der Waals surface area contributed by atoms with E-state index < -0.39 is 0 Å². The maximum Gasteiger partial charge on any atom is 0.241 e. The van der Waals surface area contributed by atoms with Crippen molar-refractivity contribution in [1.82, 2.24) is 15.2 Å². The molecule has 0 spiro atoms. The van der Waals surface area contributed by atoms with Crippen LogP contribution >= 0.6 is 0 Å². The lowest BCUT2D eigenvalue weighted by Crippen LogP contribution is -2.39. The van der Waals surface area contributed by atoms with Crippen LogP contribution in [0.25, 0.3) is 0 Å². The van der Waals surface area contributed by atoms with E-state index in [1.165, 1.54) is 0 Å².